The van der Waals surface area contributed by atoms with Gasteiger partial charge in [-0.3, -0.25) is 4.79 Å². The Kier molecular flexibility index (Phi) is 5.73. The summed E-state index contributed by atoms with van der Waals surface area (Å²) in [6.45, 7) is 1.84. The molecular weight excluding hydrogens is 370 g/mol. The molecule has 0 aliphatic carbocycles. The summed E-state index contributed by atoms with van der Waals surface area (Å²) in [7, 11) is 3.17. The highest BCUT2D eigenvalue weighted by Crippen LogP contribution is 2.33. The first-order valence-corrected chi connectivity index (χ1v) is 8.14. The summed E-state index contributed by atoms with van der Waals surface area (Å²) in [5.41, 5.74) is 0.973. The van der Waals surface area contributed by atoms with Crippen molar-refractivity contribution in [3.63, 3.8) is 0 Å². The molecule has 1 heterocycles. The number of carbonyl (C=O) groups excluding carboxylic acids is 1. The van der Waals surface area contributed by atoms with Gasteiger partial charge in [0.15, 0.2) is 11.5 Å². The molecule has 0 spiro atoms. The zero-order chi connectivity index (χ0) is 16.1. The fourth-order valence-corrected chi connectivity index (χ4v) is 2.99. The fourth-order valence-electron chi connectivity index (χ4n) is 1.86. The van der Waals surface area contributed by atoms with Crippen LogP contribution in [0, 0.1) is 6.92 Å². The Labute approximate surface area is 141 Å². The minimum Gasteiger partial charge on any atom is -0.493 e. The van der Waals surface area contributed by atoms with Crippen molar-refractivity contribution >= 4 is 38.3 Å². The van der Waals surface area contributed by atoms with Gasteiger partial charge in [-0.25, -0.2) is 0 Å². The van der Waals surface area contributed by atoms with Crippen LogP contribution < -0.4 is 14.8 Å². The molecule has 0 saturated carbocycles. The van der Waals surface area contributed by atoms with Crippen LogP contribution in [0.4, 0.5) is 5.13 Å². The molecule has 0 saturated heterocycles. The summed E-state index contributed by atoms with van der Waals surface area (Å²) in [6.07, 6.45) is 0.914. The molecule has 2 rings (SSSR count). The average molecular weight is 386 g/mol. The van der Waals surface area contributed by atoms with Gasteiger partial charge in [-0.05, 0) is 31.0 Å². The number of nitrogens with zero attached hydrogens (tertiary/aromatic N) is 2. The Morgan fingerprint density at radius 3 is 2.55 bits per heavy atom. The average Bonchev–Trinajstić information content (AvgIpc) is 2.90. The van der Waals surface area contributed by atoms with E-state index in [1.54, 1.807) is 14.2 Å². The number of rotatable bonds is 6. The number of methoxy groups -OCH3 is 2. The first kappa shape index (κ1) is 16.7. The summed E-state index contributed by atoms with van der Waals surface area (Å²) < 4.78 is 11.4. The summed E-state index contributed by atoms with van der Waals surface area (Å²) in [5.74, 6) is 1.19. The summed E-state index contributed by atoms with van der Waals surface area (Å²) >= 11 is 4.84. The van der Waals surface area contributed by atoms with Gasteiger partial charge in [-0.2, -0.15) is 0 Å². The van der Waals surface area contributed by atoms with Crippen LogP contribution in [0.15, 0.2) is 16.6 Å². The number of carbonyl (C=O) groups is 1. The van der Waals surface area contributed by atoms with E-state index in [1.807, 2.05) is 19.1 Å². The highest BCUT2D eigenvalue weighted by molar-refractivity contribution is 9.10. The van der Waals surface area contributed by atoms with Crippen LogP contribution in [0.3, 0.4) is 0 Å². The molecule has 0 aliphatic rings. The highest BCUT2D eigenvalue weighted by atomic mass is 79.9. The van der Waals surface area contributed by atoms with E-state index in [9.17, 15) is 4.79 Å². The Balaban J connectivity index is 2.00. The van der Waals surface area contributed by atoms with Crippen LogP contribution in [0.25, 0.3) is 0 Å². The number of anilines is 1. The Morgan fingerprint density at radius 2 is 1.95 bits per heavy atom. The van der Waals surface area contributed by atoms with Gasteiger partial charge >= 0.3 is 0 Å². The minimum absolute atomic E-state index is 0.0992. The number of ether oxygens (including phenoxy) is 2. The van der Waals surface area contributed by atoms with Gasteiger partial charge in [0, 0.05) is 10.9 Å². The van der Waals surface area contributed by atoms with E-state index < -0.39 is 0 Å². The van der Waals surface area contributed by atoms with E-state index >= 15 is 0 Å². The fraction of sp³-hybridized carbons (Fsp3) is 0.357. The van der Waals surface area contributed by atoms with Gasteiger partial charge in [-0.15, -0.1) is 10.2 Å². The SMILES string of the molecule is COc1cc(Br)c(CCC(=O)Nc2nnc(C)s2)cc1OC. The summed E-state index contributed by atoms with van der Waals surface area (Å²) in [5, 5.41) is 11.8. The maximum atomic E-state index is 11.9. The van der Waals surface area contributed by atoms with Crippen molar-refractivity contribution in [1.29, 1.82) is 0 Å². The molecule has 22 heavy (non-hydrogen) atoms. The third-order valence-electron chi connectivity index (χ3n) is 2.95. The van der Waals surface area contributed by atoms with Gasteiger partial charge in [0.05, 0.1) is 14.2 Å². The molecule has 0 unspecified atom stereocenters. The molecule has 0 fully saturated rings. The number of nitrogens with one attached hydrogen (secondary N) is 1. The topological polar surface area (TPSA) is 73.3 Å². The van der Waals surface area contributed by atoms with Crippen molar-refractivity contribution in [3.8, 4) is 11.5 Å². The molecule has 8 heteroatoms. The quantitative estimate of drug-likeness (QED) is 0.826. The lowest BCUT2D eigenvalue weighted by molar-refractivity contribution is -0.116. The van der Waals surface area contributed by atoms with E-state index in [0.717, 1.165) is 15.0 Å². The number of aromatic nitrogens is 2. The number of hydrogen-bond acceptors (Lipinski definition) is 6. The second-order valence-corrected chi connectivity index (χ2v) is 6.51. The zero-order valence-electron chi connectivity index (χ0n) is 12.5. The van der Waals surface area contributed by atoms with Crippen LogP contribution in [0.5, 0.6) is 11.5 Å². The number of aryl methyl sites for hydroxylation is 2. The normalized spacial score (nSPS) is 10.4. The highest BCUT2D eigenvalue weighted by Gasteiger charge is 2.12. The number of benzene rings is 1. The van der Waals surface area contributed by atoms with Crippen LogP contribution in [0.1, 0.15) is 17.0 Å². The standard InChI is InChI=1S/C14H16BrN3O3S/c1-8-17-18-14(22-8)16-13(19)5-4-9-6-11(20-2)12(21-3)7-10(9)15/h6-7H,4-5H2,1-3H3,(H,16,18,19). The van der Waals surface area contributed by atoms with Gasteiger partial charge in [-0.1, -0.05) is 27.3 Å². The molecule has 0 bridgehead atoms. The smallest absolute Gasteiger partial charge is 0.226 e. The Morgan fingerprint density at radius 1 is 1.27 bits per heavy atom. The summed E-state index contributed by atoms with van der Waals surface area (Å²) in [4.78, 5) is 11.9. The van der Waals surface area contributed by atoms with Gasteiger partial charge < -0.3 is 14.8 Å². The number of halogens is 1. The molecule has 0 radical (unpaired) electrons. The molecule has 1 amide bonds. The first-order valence-electron chi connectivity index (χ1n) is 6.54. The lowest BCUT2D eigenvalue weighted by atomic mass is 10.1. The van der Waals surface area contributed by atoms with E-state index in [2.05, 4.69) is 31.4 Å². The maximum Gasteiger partial charge on any atom is 0.226 e. The molecule has 1 N–H and O–H groups in total. The molecule has 0 atom stereocenters. The van der Waals surface area contributed by atoms with Crippen LogP contribution in [0.2, 0.25) is 0 Å². The lowest BCUT2D eigenvalue weighted by Crippen LogP contribution is -2.12. The molecule has 1 aromatic carbocycles. The lowest BCUT2D eigenvalue weighted by Gasteiger charge is -2.11. The molecular formula is C14H16BrN3O3S. The Hall–Kier alpha value is -1.67. The minimum atomic E-state index is -0.0992. The van der Waals surface area contributed by atoms with Gasteiger partial charge in [0.2, 0.25) is 11.0 Å². The first-order chi connectivity index (χ1) is 10.5. The second-order valence-electron chi connectivity index (χ2n) is 4.47. The van der Waals surface area contributed by atoms with Crippen molar-refractivity contribution in [2.24, 2.45) is 0 Å². The van der Waals surface area contributed by atoms with E-state index in [0.29, 0.717) is 29.5 Å². The van der Waals surface area contributed by atoms with Crippen molar-refractivity contribution in [2.45, 2.75) is 19.8 Å². The zero-order valence-corrected chi connectivity index (χ0v) is 14.9. The summed E-state index contributed by atoms with van der Waals surface area (Å²) in [6, 6.07) is 3.70. The largest absolute Gasteiger partial charge is 0.493 e. The molecule has 118 valence electrons. The van der Waals surface area contributed by atoms with Crippen LogP contribution >= 0.6 is 27.3 Å². The van der Waals surface area contributed by atoms with Crippen LogP contribution in [-0.4, -0.2) is 30.3 Å². The number of amides is 1. The van der Waals surface area contributed by atoms with E-state index in [4.69, 9.17) is 9.47 Å². The predicted molar refractivity (Wildman–Crippen MR) is 88.8 cm³/mol. The van der Waals surface area contributed by atoms with Crippen molar-refractivity contribution < 1.29 is 14.3 Å². The predicted octanol–water partition coefficient (Wildman–Crippen LogP) is 3.20. The molecule has 0 aliphatic heterocycles. The van der Waals surface area contributed by atoms with Crippen molar-refractivity contribution in [1.82, 2.24) is 10.2 Å². The molecule has 6 nitrogen and oxygen atoms in total. The second kappa shape index (κ2) is 7.55. The van der Waals surface area contributed by atoms with Gasteiger partial charge in [0.1, 0.15) is 5.01 Å². The van der Waals surface area contributed by atoms with E-state index in [-0.39, 0.29) is 5.91 Å². The van der Waals surface area contributed by atoms with Gasteiger partial charge in [0.25, 0.3) is 0 Å². The van der Waals surface area contributed by atoms with Crippen molar-refractivity contribution in [2.75, 3.05) is 19.5 Å². The maximum absolute atomic E-state index is 11.9. The third kappa shape index (κ3) is 4.17. The Bertz CT molecular complexity index is 675. The monoisotopic (exact) mass is 385 g/mol. The molecule has 2 aromatic rings. The van der Waals surface area contributed by atoms with Crippen molar-refractivity contribution in [3.05, 3.63) is 27.2 Å². The van der Waals surface area contributed by atoms with Crippen LogP contribution in [-0.2, 0) is 11.2 Å². The number of hydrogen-bond donors (Lipinski definition) is 1. The van der Waals surface area contributed by atoms with E-state index in [1.165, 1.54) is 11.3 Å². The third-order valence-corrected chi connectivity index (χ3v) is 4.44. The molecule has 1 aromatic heterocycles.